The number of carbonyl (C=O) groups is 1. The van der Waals surface area contributed by atoms with Gasteiger partial charge in [-0.3, -0.25) is 4.79 Å². The molecule has 1 atom stereocenters. The lowest BCUT2D eigenvalue weighted by molar-refractivity contribution is -0.135. The summed E-state index contributed by atoms with van der Waals surface area (Å²) in [6.45, 7) is 1.15. The monoisotopic (exact) mass is 244 g/mol. The number of carbonyl (C=O) groups excluding carboxylic acids is 1. The highest BCUT2D eigenvalue weighted by molar-refractivity contribution is 5.80. The molecular formula is C14H16N2O2. The van der Waals surface area contributed by atoms with E-state index in [1.807, 2.05) is 12.1 Å². The number of nitriles is 1. The van der Waals surface area contributed by atoms with E-state index in [0.29, 0.717) is 18.7 Å². The van der Waals surface area contributed by atoms with Crippen molar-refractivity contribution >= 4 is 5.91 Å². The number of hydrogen-bond donors (Lipinski definition) is 1. The summed E-state index contributed by atoms with van der Waals surface area (Å²) in [5, 5.41) is 11.5. The van der Waals surface area contributed by atoms with Crippen molar-refractivity contribution in [2.24, 2.45) is 0 Å². The maximum absolute atomic E-state index is 11.8. The minimum absolute atomic E-state index is 0.0425. The number of ether oxygens (including phenoxy) is 1. The predicted molar refractivity (Wildman–Crippen MR) is 66.6 cm³/mol. The quantitative estimate of drug-likeness (QED) is 0.881. The molecule has 0 aliphatic carbocycles. The Kier molecular flexibility index (Phi) is 4.32. The SMILES string of the molecule is N#Cc1ccc(CNC(=O)C2CCCCO2)cc1. The summed E-state index contributed by atoms with van der Waals surface area (Å²) in [5.74, 6) is -0.0425. The van der Waals surface area contributed by atoms with Gasteiger partial charge in [0, 0.05) is 13.2 Å². The van der Waals surface area contributed by atoms with E-state index in [1.165, 1.54) is 0 Å². The Morgan fingerprint density at radius 2 is 2.17 bits per heavy atom. The van der Waals surface area contributed by atoms with Crippen molar-refractivity contribution in [1.29, 1.82) is 5.26 Å². The summed E-state index contributed by atoms with van der Waals surface area (Å²) in [7, 11) is 0. The van der Waals surface area contributed by atoms with E-state index in [0.717, 1.165) is 24.8 Å². The Hall–Kier alpha value is -1.86. The largest absolute Gasteiger partial charge is 0.368 e. The Morgan fingerprint density at radius 3 is 2.78 bits per heavy atom. The summed E-state index contributed by atoms with van der Waals surface area (Å²) in [4.78, 5) is 11.8. The number of nitrogens with zero attached hydrogens (tertiary/aromatic N) is 1. The molecule has 0 aromatic heterocycles. The number of amides is 1. The summed E-state index contributed by atoms with van der Waals surface area (Å²) in [5.41, 5.74) is 1.61. The molecule has 1 aliphatic heterocycles. The highest BCUT2D eigenvalue weighted by Crippen LogP contribution is 2.12. The van der Waals surface area contributed by atoms with Crippen LogP contribution in [0, 0.1) is 11.3 Å². The average molecular weight is 244 g/mol. The normalized spacial score (nSPS) is 18.9. The molecule has 18 heavy (non-hydrogen) atoms. The summed E-state index contributed by atoms with van der Waals surface area (Å²) < 4.78 is 5.41. The minimum atomic E-state index is -0.294. The molecule has 2 rings (SSSR count). The highest BCUT2D eigenvalue weighted by atomic mass is 16.5. The number of nitrogens with one attached hydrogen (secondary N) is 1. The predicted octanol–water partition coefficient (Wildman–Crippen LogP) is 1.74. The lowest BCUT2D eigenvalue weighted by atomic mass is 10.1. The van der Waals surface area contributed by atoms with Crippen molar-refractivity contribution in [3.05, 3.63) is 35.4 Å². The van der Waals surface area contributed by atoms with Gasteiger partial charge >= 0.3 is 0 Å². The van der Waals surface area contributed by atoms with Gasteiger partial charge in [0.15, 0.2) is 0 Å². The fourth-order valence-corrected chi connectivity index (χ4v) is 1.95. The highest BCUT2D eigenvalue weighted by Gasteiger charge is 2.21. The van der Waals surface area contributed by atoms with Gasteiger partial charge in [-0.15, -0.1) is 0 Å². The van der Waals surface area contributed by atoms with Crippen molar-refractivity contribution in [2.75, 3.05) is 6.61 Å². The average Bonchev–Trinajstić information content (AvgIpc) is 2.46. The maximum atomic E-state index is 11.8. The molecule has 4 nitrogen and oxygen atoms in total. The van der Waals surface area contributed by atoms with Crippen LogP contribution in [-0.2, 0) is 16.1 Å². The van der Waals surface area contributed by atoms with Crippen LogP contribution in [0.3, 0.4) is 0 Å². The van der Waals surface area contributed by atoms with Crippen molar-refractivity contribution in [2.45, 2.75) is 31.9 Å². The summed E-state index contributed by atoms with van der Waals surface area (Å²) in [6, 6.07) is 9.26. The van der Waals surface area contributed by atoms with Crippen molar-refractivity contribution < 1.29 is 9.53 Å². The summed E-state index contributed by atoms with van der Waals surface area (Å²) in [6.07, 6.45) is 2.60. The standard InChI is InChI=1S/C14H16N2O2/c15-9-11-4-6-12(7-5-11)10-16-14(17)13-3-1-2-8-18-13/h4-7,13H,1-3,8,10H2,(H,16,17). The third-order valence-corrected chi connectivity index (χ3v) is 3.02. The second kappa shape index (κ2) is 6.18. The number of benzene rings is 1. The van der Waals surface area contributed by atoms with Crippen LogP contribution in [0.15, 0.2) is 24.3 Å². The first-order chi connectivity index (χ1) is 8.79. The molecule has 1 unspecified atom stereocenters. The molecule has 0 bridgehead atoms. The number of rotatable bonds is 3. The van der Waals surface area contributed by atoms with Crippen LogP contribution in [0.1, 0.15) is 30.4 Å². The van der Waals surface area contributed by atoms with Gasteiger partial charge < -0.3 is 10.1 Å². The van der Waals surface area contributed by atoms with Gasteiger partial charge in [0.2, 0.25) is 5.91 Å². The first-order valence-corrected chi connectivity index (χ1v) is 6.18. The molecule has 1 heterocycles. The van der Waals surface area contributed by atoms with E-state index in [4.69, 9.17) is 10.00 Å². The first kappa shape index (κ1) is 12.6. The number of hydrogen-bond acceptors (Lipinski definition) is 3. The second-order valence-corrected chi connectivity index (χ2v) is 4.38. The van der Waals surface area contributed by atoms with E-state index in [1.54, 1.807) is 12.1 Å². The Balaban J connectivity index is 1.83. The van der Waals surface area contributed by atoms with Gasteiger partial charge in [0.05, 0.1) is 11.6 Å². The van der Waals surface area contributed by atoms with E-state index in [-0.39, 0.29) is 12.0 Å². The zero-order valence-corrected chi connectivity index (χ0v) is 10.2. The van der Waals surface area contributed by atoms with Crippen LogP contribution in [0.5, 0.6) is 0 Å². The molecule has 1 aliphatic rings. The molecule has 0 spiro atoms. The van der Waals surface area contributed by atoms with Gasteiger partial charge in [-0.25, -0.2) is 0 Å². The Labute approximate surface area is 107 Å². The molecule has 1 aromatic rings. The van der Waals surface area contributed by atoms with Crippen LogP contribution in [-0.4, -0.2) is 18.6 Å². The zero-order chi connectivity index (χ0) is 12.8. The van der Waals surface area contributed by atoms with Gasteiger partial charge in [0.25, 0.3) is 0 Å². The lowest BCUT2D eigenvalue weighted by Gasteiger charge is -2.21. The topological polar surface area (TPSA) is 62.1 Å². The van der Waals surface area contributed by atoms with Crippen molar-refractivity contribution in [1.82, 2.24) is 5.32 Å². The van der Waals surface area contributed by atoms with Gasteiger partial charge in [-0.1, -0.05) is 12.1 Å². The fraction of sp³-hybridized carbons (Fsp3) is 0.429. The molecule has 0 saturated carbocycles. The Morgan fingerprint density at radius 1 is 1.39 bits per heavy atom. The Bertz CT molecular complexity index is 442. The third-order valence-electron chi connectivity index (χ3n) is 3.02. The lowest BCUT2D eigenvalue weighted by Crippen LogP contribution is -2.37. The van der Waals surface area contributed by atoms with E-state index in [9.17, 15) is 4.79 Å². The van der Waals surface area contributed by atoms with Crippen LogP contribution in [0.4, 0.5) is 0 Å². The van der Waals surface area contributed by atoms with Crippen LogP contribution in [0.2, 0.25) is 0 Å². The smallest absolute Gasteiger partial charge is 0.249 e. The maximum Gasteiger partial charge on any atom is 0.249 e. The first-order valence-electron chi connectivity index (χ1n) is 6.18. The van der Waals surface area contributed by atoms with E-state index < -0.39 is 0 Å². The molecule has 1 amide bonds. The van der Waals surface area contributed by atoms with Crippen molar-refractivity contribution in [3.63, 3.8) is 0 Å². The zero-order valence-electron chi connectivity index (χ0n) is 10.2. The molecule has 1 saturated heterocycles. The van der Waals surface area contributed by atoms with Crippen molar-refractivity contribution in [3.8, 4) is 6.07 Å². The second-order valence-electron chi connectivity index (χ2n) is 4.38. The van der Waals surface area contributed by atoms with Crippen LogP contribution < -0.4 is 5.32 Å². The van der Waals surface area contributed by atoms with Gasteiger partial charge in [-0.2, -0.15) is 5.26 Å². The molecule has 1 fully saturated rings. The minimum Gasteiger partial charge on any atom is -0.368 e. The molecule has 1 N–H and O–H groups in total. The summed E-state index contributed by atoms with van der Waals surface area (Å²) >= 11 is 0. The van der Waals surface area contributed by atoms with Gasteiger partial charge in [0.1, 0.15) is 6.10 Å². The van der Waals surface area contributed by atoms with Gasteiger partial charge in [-0.05, 0) is 37.0 Å². The molecule has 4 heteroatoms. The molecule has 94 valence electrons. The molecular weight excluding hydrogens is 228 g/mol. The van der Waals surface area contributed by atoms with E-state index in [2.05, 4.69) is 11.4 Å². The molecule has 0 radical (unpaired) electrons. The van der Waals surface area contributed by atoms with Crippen LogP contribution >= 0.6 is 0 Å². The van der Waals surface area contributed by atoms with Crippen LogP contribution in [0.25, 0.3) is 0 Å². The van der Waals surface area contributed by atoms with E-state index >= 15 is 0 Å². The molecule has 1 aromatic carbocycles. The fourth-order valence-electron chi connectivity index (χ4n) is 1.95. The third kappa shape index (κ3) is 3.31.